The van der Waals surface area contributed by atoms with E-state index in [2.05, 4.69) is 10.3 Å². The van der Waals surface area contributed by atoms with E-state index >= 15 is 0 Å². The average molecular weight is 283 g/mol. The Morgan fingerprint density at radius 2 is 1.90 bits per heavy atom. The summed E-state index contributed by atoms with van der Waals surface area (Å²) in [6, 6.07) is 12.8. The molecule has 0 spiro atoms. The number of halogens is 1. The first-order valence-corrected chi connectivity index (χ1v) is 6.15. The SMILES string of the molecule is O=C(O)c1cc(F)cc(-c2cnnn2-c2ccccc2)c1. The molecule has 104 valence electrons. The van der Waals surface area contributed by atoms with Crippen molar-refractivity contribution < 1.29 is 14.3 Å². The molecule has 0 bridgehead atoms. The molecular formula is C15H10FN3O2. The molecule has 0 aliphatic carbocycles. The maximum absolute atomic E-state index is 13.6. The third-order valence-electron chi connectivity index (χ3n) is 2.99. The Bertz CT molecular complexity index is 800. The lowest BCUT2D eigenvalue weighted by atomic mass is 10.1. The van der Waals surface area contributed by atoms with Gasteiger partial charge < -0.3 is 5.11 Å². The summed E-state index contributed by atoms with van der Waals surface area (Å²) in [5, 5.41) is 16.8. The highest BCUT2D eigenvalue weighted by Gasteiger charge is 2.13. The van der Waals surface area contributed by atoms with Crippen molar-refractivity contribution in [3.63, 3.8) is 0 Å². The highest BCUT2D eigenvalue weighted by atomic mass is 19.1. The van der Waals surface area contributed by atoms with E-state index in [1.54, 1.807) is 0 Å². The second-order valence-electron chi connectivity index (χ2n) is 4.40. The van der Waals surface area contributed by atoms with Crippen molar-refractivity contribution in [3.05, 3.63) is 66.1 Å². The molecule has 5 nitrogen and oxygen atoms in total. The molecule has 3 aromatic rings. The van der Waals surface area contributed by atoms with Crippen LogP contribution < -0.4 is 0 Å². The minimum atomic E-state index is -1.19. The van der Waals surface area contributed by atoms with Gasteiger partial charge in [0.05, 0.1) is 23.1 Å². The van der Waals surface area contributed by atoms with E-state index < -0.39 is 11.8 Å². The monoisotopic (exact) mass is 283 g/mol. The molecule has 0 saturated carbocycles. The molecule has 0 radical (unpaired) electrons. The number of aromatic carboxylic acids is 1. The van der Waals surface area contributed by atoms with E-state index in [9.17, 15) is 9.18 Å². The molecule has 0 atom stereocenters. The number of carboxylic acids is 1. The zero-order valence-corrected chi connectivity index (χ0v) is 10.8. The lowest BCUT2D eigenvalue weighted by Gasteiger charge is -2.07. The first-order chi connectivity index (χ1) is 10.1. The highest BCUT2D eigenvalue weighted by Crippen LogP contribution is 2.23. The van der Waals surface area contributed by atoms with Crippen LogP contribution in [0.2, 0.25) is 0 Å². The number of hydrogen-bond acceptors (Lipinski definition) is 3. The van der Waals surface area contributed by atoms with Crippen LogP contribution in [0.5, 0.6) is 0 Å². The number of carbonyl (C=O) groups is 1. The summed E-state index contributed by atoms with van der Waals surface area (Å²) in [6.45, 7) is 0. The van der Waals surface area contributed by atoms with E-state index in [-0.39, 0.29) is 5.56 Å². The number of para-hydroxylation sites is 1. The molecule has 6 heteroatoms. The maximum Gasteiger partial charge on any atom is 0.335 e. The molecule has 0 amide bonds. The summed E-state index contributed by atoms with van der Waals surface area (Å²) in [4.78, 5) is 11.0. The van der Waals surface area contributed by atoms with Gasteiger partial charge in [0.25, 0.3) is 0 Å². The van der Waals surface area contributed by atoms with Crippen LogP contribution in [0.3, 0.4) is 0 Å². The first-order valence-electron chi connectivity index (χ1n) is 6.15. The van der Waals surface area contributed by atoms with Crippen LogP contribution in [0.4, 0.5) is 4.39 Å². The topological polar surface area (TPSA) is 68.0 Å². The Balaban J connectivity index is 2.15. The standard InChI is InChI=1S/C15H10FN3O2/c16-12-7-10(6-11(8-12)15(20)21)14-9-17-18-19(14)13-4-2-1-3-5-13/h1-9H,(H,20,21). The van der Waals surface area contributed by atoms with E-state index in [1.807, 2.05) is 30.3 Å². The molecule has 0 fully saturated rings. The third kappa shape index (κ3) is 2.51. The second-order valence-corrected chi connectivity index (χ2v) is 4.40. The van der Waals surface area contributed by atoms with Crippen molar-refractivity contribution in [1.82, 2.24) is 15.0 Å². The summed E-state index contributed by atoms with van der Waals surface area (Å²) in [7, 11) is 0. The van der Waals surface area contributed by atoms with Gasteiger partial charge in [-0.25, -0.2) is 13.9 Å². The number of carboxylic acid groups (broad SMARTS) is 1. The first kappa shape index (κ1) is 13.0. The predicted molar refractivity (Wildman–Crippen MR) is 73.7 cm³/mol. The fourth-order valence-electron chi connectivity index (χ4n) is 2.05. The fourth-order valence-corrected chi connectivity index (χ4v) is 2.05. The number of nitrogens with zero attached hydrogens (tertiary/aromatic N) is 3. The zero-order chi connectivity index (χ0) is 14.8. The largest absolute Gasteiger partial charge is 0.478 e. The van der Waals surface area contributed by atoms with Gasteiger partial charge in [0, 0.05) is 5.56 Å². The van der Waals surface area contributed by atoms with Crippen LogP contribution in [0, 0.1) is 5.82 Å². The maximum atomic E-state index is 13.6. The summed E-state index contributed by atoms with van der Waals surface area (Å²) in [5.74, 6) is -1.81. The molecule has 3 rings (SSSR count). The molecule has 0 aliphatic heterocycles. The molecule has 1 heterocycles. The van der Waals surface area contributed by atoms with Crippen LogP contribution in [0.1, 0.15) is 10.4 Å². The third-order valence-corrected chi connectivity index (χ3v) is 2.99. The molecule has 0 aliphatic rings. The Morgan fingerprint density at radius 3 is 2.62 bits per heavy atom. The molecule has 21 heavy (non-hydrogen) atoms. The molecule has 0 unspecified atom stereocenters. The van der Waals surface area contributed by atoms with Gasteiger partial charge in [-0.2, -0.15) is 0 Å². The summed E-state index contributed by atoms with van der Waals surface area (Å²) in [5.41, 5.74) is 1.56. The summed E-state index contributed by atoms with van der Waals surface area (Å²) < 4.78 is 15.1. The van der Waals surface area contributed by atoms with Crippen molar-refractivity contribution >= 4 is 5.97 Å². The van der Waals surface area contributed by atoms with Crippen LogP contribution in [-0.2, 0) is 0 Å². The Labute approximate surface area is 119 Å². The van der Waals surface area contributed by atoms with Crippen molar-refractivity contribution in [2.45, 2.75) is 0 Å². The summed E-state index contributed by atoms with van der Waals surface area (Å²) >= 11 is 0. The zero-order valence-electron chi connectivity index (χ0n) is 10.8. The van der Waals surface area contributed by atoms with Gasteiger partial charge in [-0.15, -0.1) is 5.10 Å². The number of aromatic nitrogens is 3. The van der Waals surface area contributed by atoms with Crippen LogP contribution in [-0.4, -0.2) is 26.1 Å². The molecule has 1 N–H and O–H groups in total. The van der Waals surface area contributed by atoms with E-state index in [1.165, 1.54) is 23.0 Å². The lowest BCUT2D eigenvalue weighted by Crippen LogP contribution is -2.01. The summed E-state index contributed by atoms with van der Waals surface area (Å²) in [6.07, 6.45) is 1.47. The van der Waals surface area contributed by atoms with Crippen LogP contribution >= 0.6 is 0 Å². The van der Waals surface area contributed by atoms with Crippen LogP contribution in [0.25, 0.3) is 16.9 Å². The van der Waals surface area contributed by atoms with E-state index in [4.69, 9.17) is 5.11 Å². The van der Waals surface area contributed by atoms with Gasteiger partial charge in [0.15, 0.2) is 0 Å². The molecular weight excluding hydrogens is 273 g/mol. The van der Waals surface area contributed by atoms with Crippen molar-refractivity contribution in [2.75, 3.05) is 0 Å². The normalized spacial score (nSPS) is 10.5. The quantitative estimate of drug-likeness (QED) is 0.802. The van der Waals surface area contributed by atoms with Gasteiger partial charge in [-0.3, -0.25) is 0 Å². The second kappa shape index (κ2) is 5.16. The predicted octanol–water partition coefficient (Wildman–Crippen LogP) is 2.77. The van der Waals surface area contributed by atoms with Crippen molar-refractivity contribution in [2.24, 2.45) is 0 Å². The Morgan fingerprint density at radius 1 is 1.14 bits per heavy atom. The number of hydrogen-bond donors (Lipinski definition) is 1. The smallest absolute Gasteiger partial charge is 0.335 e. The number of rotatable bonds is 3. The van der Waals surface area contributed by atoms with Crippen LogP contribution in [0.15, 0.2) is 54.7 Å². The van der Waals surface area contributed by atoms with Gasteiger partial charge in [-0.05, 0) is 30.3 Å². The van der Waals surface area contributed by atoms with Gasteiger partial charge in [0.2, 0.25) is 0 Å². The van der Waals surface area contributed by atoms with E-state index in [0.717, 1.165) is 11.8 Å². The lowest BCUT2D eigenvalue weighted by molar-refractivity contribution is 0.0696. The average Bonchev–Trinajstić information content (AvgIpc) is 2.97. The fraction of sp³-hybridized carbons (Fsp3) is 0. The van der Waals surface area contributed by atoms with Crippen molar-refractivity contribution in [3.8, 4) is 16.9 Å². The molecule has 1 aromatic heterocycles. The van der Waals surface area contributed by atoms with Gasteiger partial charge in [-0.1, -0.05) is 23.4 Å². The molecule has 2 aromatic carbocycles. The Hall–Kier alpha value is -3.02. The van der Waals surface area contributed by atoms with E-state index in [0.29, 0.717) is 11.3 Å². The van der Waals surface area contributed by atoms with Gasteiger partial charge in [0.1, 0.15) is 5.82 Å². The molecule has 0 saturated heterocycles. The minimum Gasteiger partial charge on any atom is -0.478 e. The van der Waals surface area contributed by atoms with Crippen molar-refractivity contribution in [1.29, 1.82) is 0 Å². The minimum absolute atomic E-state index is 0.120. The Kier molecular flexibility index (Phi) is 3.19. The van der Waals surface area contributed by atoms with Gasteiger partial charge >= 0.3 is 5.97 Å². The number of benzene rings is 2. The highest BCUT2D eigenvalue weighted by molar-refractivity contribution is 5.89.